The van der Waals surface area contributed by atoms with Gasteiger partial charge in [0.05, 0.1) is 0 Å². The molecule has 0 aromatic carbocycles. The molecule has 1 aliphatic carbocycles. The summed E-state index contributed by atoms with van der Waals surface area (Å²) in [5.74, 6) is 0. The second-order valence-electron chi connectivity index (χ2n) is 3.13. The van der Waals surface area contributed by atoms with Crippen molar-refractivity contribution in [2.24, 2.45) is 0 Å². The summed E-state index contributed by atoms with van der Waals surface area (Å²) >= 11 is 0. The van der Waals surface area contributed by atoms with Crippen LogP contribution >= 0.6 is 0 Å². The Hall–Kier alpha value is -1.11. The third-order valence-electron chi connectivity index (χ3n) is 2.36. The van der Waals surface area contributed by atoms with Crippen LogP contribution in [0.3, 0.4) is 0 Å². The third-order valence-corrected chi connectivity index (χ3v) is 2.36. The van der Waals surface area contributed by atoms with Crippen LogP contribution < -0.4 is 0 Å². The van der Waals surface area contributed by atoms with E-state index in [-0.39, 0.29) is 0 Å². The van der Waals surface area contributed by atoms with Crippen molar-refractivity contribution in [2.45, 2.75) is 26.2 Å². The van der Waals surface area contributed by atoms with E-state index < -0.39 is 0 Å². The predicted octanol–water partition coefficient (Wildman–Crippen LogP) is 2.60. The van der Waals surface area contributed by atoms with E-state index in [0.29, 0.717) is 0 Å². The van der Waals surface area contributed by atoms with Gasteiger partial charge in [-0.2, -0.15) is 0 Å². The van der Waals surface area contributed by atoms with Crippen molar-refractivity contribution >= 4 is 6.08 Å². The maximum Gasteiger partial charge on any atom is 0.0475 e. The lowest BCUT2D eigenvalue weighted by molar-refractivity contribution is 0.940. The molecule has 1 aliphatic rings. The molecule has 0 saturated heterocycles. The van der Waals surface area contributed by atoms with Crippen molar-refractivity contribution in [2.75, 3.05) is 0 Å². The van der Waals surface area contributed by atoms with E-state index in [1.54, 1.807) is 0 Å². The van der Waals surface area contributed by atoms with Crippen LogP contribution in [0.4, 0.5) is 0 Å². The summed E-state index contributed by atoms with van der Waals surface area (Å²) < 4.78 is 0. The van der Waals surface area contributed by atoms with Gasteiger partial charge in [0.25, 0.3) is 0 Å². The number of hydrogen-bond acceptors (Lipinski definition) is 1. The first-order chi connectivity index (χ1) is 5.92. The Balaban J connectivity index is 2.54. The molecule has 0 bridgehead atoms. The molecule has 2 rings (SSSR count). The lowest BCUT2D eigenvalue weighted by atomic mass is 9.96. The lowest BCUT2D eigenvalue weighted by Crippen LogP contribution is -2.00. The largest absolute Gasteiger partial charge is 0.261 e. The summed E-state index contributed by atoms with van der Waals surface area (Å²) in [4.78, 5) is 4.36. The quantitative estimate of drug-likeness (QED) is 0.613. The summed E-state index contributed by atoms with van der Waals surface area (Å²) in [6.45, 7) is 2.16. The van der Waals surface area contributed by atoms with Gasteiger partial charge in [0.1, 0.15) is 0 Å². The zero-order chi connectivity index (χ0) is 8.39. The maximum absolute atomic E-state index is 4.36. The van der Waals surface area contributed by atoms with E-state index in [1.807, 2.05) is 6.20 Å². The van der Waals surface area contributed by atoms with Gasteiger partial charge < -0.3 is 0 Å². The Morgan fingerprint density at radius 3 is 3.25 bits per heavy atom. The second kappa shape index (κ2) is 3.10. The number of allylic oxidation sites excluding steroid dienone is 1. The van der Waals surface area contributed by atoms with Crippen LogP contribution in [0, 0.1) is 0 Å². The van der Waals surface area contributed by atoms with Crippen LogP contribution in [0.25, 0.3) is 6.08 Å². The van der Waals surface area contributed by atoms with Crippen LogP contribution in [-0.4, -0.2) is 4.98 Å². The average Bonchev–Trinajstić information content (AvgIpc) is 2.17. The van der Waals surface area contributed by atoms with E-state index in [9.17, 15) is 0 Å². The van der Waals surface area contributed by atoms with Crippen molar-refractivity contribution in [3.63, 3.8) is 0 Å². The molecule has 0 fully saturated rings. The minimum Gasteiger partial charge on any atom is -0.261 e. The molecule has 62 valence electrons. The van der Waals surface area contributed by atoms with E-state index >= 15 is 0 Å². The number of aromatic nitrogens is 1. The van der Waals surface area contributed by atoms with Crippen molar-refractivity contribution < 1.29 is 0 Å². The molecular weight excluding hydrogens is 146 g/mol. The van der Waals surface area contributed by atoms with Gasteiger partial charge >= 0.3 is 0 Å². The molecule has 0 N–H and O–H groups in total. The maximum atomic E-state index is 4.36. The van der Waals surface area contributed by atoms with E-state index in [1.165, 1.54) is 29.7 Å². The summed E-state index contributed by atoms with van der Waals surface area (Å²) in [5, 5.41) is 0. The van der Waals surface area contributed by atoms with Crippen LogP contribution in [-0.2, 0) is 12.8 Å². The molecule has 0 aliphatic heterocycles. The molecule has 12 heavy (non-hydrogen) atoms. The van der Waals surface area contributed by atoms with E-state index in [4.69, 9.17) is 0 Å². The number of fused-ring (bicyclic) bond motifs is 1. The minimum atomic E-state index is 1.04. The highest BCUT2D eigenvalue weighted by molar-refractivity contribution is 5.58. The van der Waals surface area contributed by atoms with Crippen LogP contribution in [0.5, 0.6) is 0 Å². The van der Waals surface area contributed by atoms with Gasteiger partial charge in [0.2, 0.25) is 0 Å². The molecule has 0 amide bonds. The van der Waals surface area contributed by atoms with Crippen molar-refractivity contribution in [3.8, 4) is 0 Å². The number of hydrogen-bond donors (Lipinski definition) is 0. The molecule has 0 saturated carbocycles. The first-order valence-corrected chi connectivity index (χ1v) is 4.55. The molecule has 1 aromatic rings. The monoisotopic (exact) mass is 159 g/mol. The van der Waals surface area contributed by atoms with Crippen molar-refractivity contribution in [3.05, 3.63) is 35.2 Å². The summed E-state index contributed by atoms with van der Waals surface area (Å²) in [5.41, 5.74) is 4.07. The molecule has 1 aromatic heterocycles. The van der Waals surface area contributed by atoms with E-state index in [2.05, 4.69) is 30.1 Å². The Morgan fingerprint density at radius 1 is 1.50 bits per heavy atom. The number of rotatable bonds is 1. The minimum absolute atomic E-state index is 1.04. The fraction of sp³-hybridized carbons (Fsp3) is 0.364. The van der Waals surface area contributed by atoms with Gasteiger partial charge in [0.15, 0.2) is 0 Å². The van der Waals surface area contributed by atoms with Crippen LogP contribution in [0.1, 0.15) is 30.2 Å². The van der Waals surface area contributed by atoms with Crippen molar-refractivity contribution in [1.82, 2.24) is 4.98 Å². The summed E-state index contributed by atoms with van der Waals surface area (Å²) in [6, 6.07) is 2.14. The summed E-state index contributed by atoms with van der Waals surface area (Å²) in [7, 11) is 0. The predicted molar refractivity (Wildman–Crippen MR) is 51.0 cm³/mol. The zero-order valence-electron chi connectivity index (χ0n) is 7.38. The van der Waals surface area contributed by atoms with Crippen LogP contribution in [0.2, 0.25) is 0 Å². The zero-order valence-corrected chi connectivity index (χ0v) is 7.38. The number of pyridine rings is 1. The highest BCUT2D eigenvalue weighted by Gasteiger charge is 2.07. The van der Waals surface area contributed by atoms with Gasteiger partial charge in [-0.25, -0.2) is 0 Å². The van der Waals surface area contributed by atoms with Gasteiger partial charge in [-0.3, -0.25) is 4.98 Å². The molecule has 1 heteroatoms. The standard InChI is InChI=1S/C11H13N/c1-2-11-10-6-4-3-5-9(10)7-8-12-11/h4,6-8H,2-3,5H2,1H3. The topological polar surface area (TPSA) is 12.9 Å². The molecule has 0 atom stereocenters. The number of aryl methyl sites for hydroxylation is 2. The normalized spacial score (nSPS) is 14.4. The first-order valence-electron chi connectivity index (χ1n) is 4.55. The smallest absolute Gasteiger partial charge is 0.0475 e. The fourth-order valence-electron chi connectivity index (χ4n) is 1.70. The molecule has 1 heterocycles. The Morgan fingerprint density at radius 2 is 2.42 bits per heavy atom. The second-order valence-corrected chi connectivity index (χ2v) is 3.13. The van der Waals surface area contributed by atoms with Gasteiger partial charge in [-0.1, -0.05) is 19.1 Å². The van der Waals surface area contributed by atoms with Gasteiger partial charge in [-0.05, 0) is 36.5 Å². The Bertz CT molecular complexity index is 313. The highest BCUT2D eigenvalue weighted by atomic mass is 14.7. The summed E-state index contributed by atoms with van der Waals surface area (Å²) in [6.07, 6.45) is 9.78. The number of nitrogens with zero attached hydrogens (tertiary/aromatic N) is 1. The average molecular weight is 159 g/mol. The van der Waals surface area contributed by atoms with E-state index in [0.717, 1.165) is 6.42 Å². The SMILES string of the molecule is CCc1nccc2c1C=CCC2. The molecule has 0 spiro atoms. The lowest BCUT2D eigenvalue weighted by Gasteiger charge is -2.12. The van der Waals surface area contributed by atoms with Crippen LogP contribution in [0.15, 0.2) is 18.3 Å². The molecule has 1 nitrogen and oxygen atoms in total. The Kier molecular flexibility index (Phi) is 1.94. The molecule has 0 radical (unpaired) electrons. The highest BCUT2D eigenvalue weighted by Crippen LogP contribution is 2.21. The van der Waals surface area contributed by atoms with Gasteiger partial charge in [0, 0.05) is 11.9 Å². The van der Waals surface area contributed by atoms with Gasteiger partial charge in [-0.15, -0.1) is 0 Å². The Labute approximate surface area is 73.1 Å². The molecule has 0 unspecified atom stereocenters. The molecular formula is C11H13N. The fourth-order valence-corrected chi connectivity index (χ4v) is 1.70. The first kappa shape index (κ1) is 7.53. The van der Waals surface area contributed by atoms with Crippen molar-refractivity contribution in [1.29, 1.82) is 0 Å². The third kappa shape index (κ3) is 1.15.